The van der Waals surface area contributed by atoms with Crippen LogP contribution in [0.2, 0.25) is 0 Å². The molecule has 9 unspecified atom stereocenters. The van der Waals surface area contributed by atoms with Crippen molar-refractivity contribution in [3.63, 3.8) is 0 Å². The van der Waals surface area contributed by atoms with Crippen molar-refractivity contribution in [1.29, 1.82) is 0 Å². The summed E-state index contributed by atoms with van der Waals surface area (Å²) < 4.78 is 17.3. The number of esters is 3. The number of ether oxygens (including phenoxy) is 3. The molecule has 6 nitrogen and oxygen atoms in total. The molecule has 0 heterocycles. The molecule has 38 rings (SSSR count). The fourth-order valence-corrected chi connectivity index (χ4v) is 36.0. The molecule has 23 aromatic rings. The Morgan fingerprint density at radius 3 is 0.598 bits per heavy atom. The monoisotopic (exact) mass is 1290 g/mol. The van der Waals surface area contributed by atoms with E-state index in [0.29, 0.717) is 38.5 Å². The highest BCUT2D eigenvalue weighted by Gasteiger charge is 3.04. The largest absolute Gasteiger partial charge is 0.469 e. The van der Waals surface area contributed by atoms with Crippen molar-refractivity contribution < 1.29 is 28.6 Å². The molecule has 0 bridgehead atoms. The summed E-state index contributed by atoms with van der Waals surface area (Å²) in [6.45, 7) is 0. The molecule has 0 aromatic heterocycles. The minimum absolute atomic E-state index is 0.127. The minimum atomic E-state index is -0.574. The lowest BCUT2D eigenvalue weighted by Gasteiger charge is -2.36. The lowest BCUT2D eigenvalue weighted by molar-refractivity contribution is -0.141. The van der Waals surface area contributed by atoms with Gasteiger partial charge in [-0.2, -0.15) is 0 Å². The van der Waals surface area contributed by atoms with E-state index in [1.165, 1.54) is 16.7 Å². The van der Waals surface area contributed by atoms with Gasteiger partial charge in [0, 0.05) is 68.0 Å². The Morgan fingerprint density at radius 1 is 0.225 bits per heavy atom. The highest BCUT2D eigenvalue weighted by molar-refractivity contribution is 6.75. The molecule has 0 N–H and O–H groups in total. The Balaban J connectivity index is 0.921. The van der Waals surface area contributed by atoms with Gasteiger partial charge in [0.15, 0.2) is 0 Å². The predicted octanol–water partition coefficient (Wildman–Crippen LogP) is 20.2. The third kappa shape index (κ3) is 2.71. The summed E-state index contributed by atoms with van der Waals surface area (Å²) in [5, 5.41) is 56.8. The molecule has 102 heavy (non-hydrogen) atoms. The third-order valence-electron chi connectivity index (χ3n) is 35.9. The maximum atomic E-state index is 14.3. The third-order valence-corrected chi connectivity index (χ3v) is 35.9. The second-order valence-corrected chi connectivity index (χ2v) is 35.9. The first-order valence-electron chi connectivity index (χ1n) is 38.1. The summed E-state index contributed by atoms with van der Waals surface area (Å²) in [7, 11) is 4.78. The van der Waals surface area contributed by atoms with Crippen LogP contribution in [-0.4, -0.2) is 39.2 Å². The van der Waals surface area contributed by atoms with Crippen molar-refractivity contribution in [1.82, 2.24) is 0 Å². The number of hydrogen-bond acceptors (Lipinski definition) is 6. The van der Waals surface area contributed by atoms with Gasteiger partial charge in [0.05, 0.1) is 21.3 Å². The van der Waals surface area contributed by atoms with E-state index in [2.05, 4.69) is 91.0 Å². The van der Waals surface area contributed by atoms with E-state index in [1.54, 1.807) is 315 Å². The van der Waals surface area contributed by atoms with Crippen LogP contribution >= 0.6 is 0 Å². The Kier molecular flexibility index (Phi) is 5.12. The summed E-state index contributed by atoms with van der Waals surface area (Å²) in [6.07, 6.45) is 5.69. The normalized spacial score (nSPS) is 30.1. The predicted molar refractivity (Wildman–Crippen MR) is 399 cm³/mol. The number of rotatable bonds is 15. The van der Waals surface area contributed by atoms with Gasteiger partial charge in [0.2, 0.25) is 0 Å². The summed E-state index contributed by atoms with van der Waals surface area (Å²) in [4.78, 5) is 42.9. The average molecular weight is 1290 g/mol. The van der Waals surface area contributed by atoms with Crippen molar-refractivity contribution in [2.75, 3.05) is 21.3 Å². The maximum Gasteiger partial charge on any atom is 0.305 e. The summed E-state index contributed by atoms with van der Waals surface area (Å²) in [6, 6.07) is 36.5. The number of carbonyl (C=O) groups excluding carboxylic acids is 3. The van der Waals surface area contributed by atoms with E-state index in [9.17, 15) is 14.4 Å². The van der Waals surface area contributed by atoms with Gasteiger partial charge in [0.1, 0.15) is 0 Å². The van der Waals surface area contributed by atoms with Gasteiger partial charge < -0.3 is 14.2 Å². The summed E-state index contributed by atoms with van der Waals surface area (Å²) >= 11 is 0. The minimum Gasteiger partial charge on any atom is -0.469 e. The molecule has 462 valence electrons. The fraction of sp³-hybridized carbons (Fsp3) is 0.219. The van der Waals surface area contributed by atoms with E-state index >= 15 is 0 Å². The Hall–Kier alpha value is -11.0. The van der Waals surface area contributed by atoms with E-state index in [4.69, 9.17) is 14.2 Å². The van der Waals surface area contributed by atoms with Crippen LogP contribution in [-0.2, 0) is 77.3 Å². The van der Waals surface area contributed by atoms with Gasteiger partial charge in [-0.3, -0.25) is 14.4 Å². The highest BCUT2D eigenvalue weighted by Crippen LogP contribution is 3.07. The van der Waals surface area contributed by atoms with Crippen molar-refractivity contribution in [2.45, 2.75) is 107 Å². The molecule has 0 radical (unpaired) electrons. The van der Waals surface area contributed by atoms with Crippen LogP contribution in [0.5, 0.6) is 0 Å². The number of methoxy groups -OCH3 is 3. The summed E-state index contributed by atoms with van der Waals surface area (Å²) in [5.74, 6) is -0.381. The molecule has 9 atom stereocenters. The molecule has 3 saturated carbocycles. The molecule has 15 aliphatic carbocycles. The molecule has 15 aliphatic rings. The van der Waals surface area contributed by atoms with Crippen LogP contribution in [0.1, 0.15) is 141 Å². The van der Waals surface area contributed by atoms with Crippen LogP contribution in [0.15, 0.2) is 91.0 Å². The van der Waals surface area contributed by atoms with Gasteiger partial charge in [-0.15, -0.1) is 0 Å². The molecule has 0 amide bonds. The van der Waals surface area contributed by atoms with Crippen LogP contribution in [0.3, 0.4) is 0 Å². The van der Waals surface area contributed by atoms with E-state index in [0.717, 1.165) is 19.3 Å². The van der Waals surface area contributed by atoms with E-state index in [1.807, 2.05) is 0 Å². The Labute approximate surface area is 572 Å². The van der Waals surface area contributed by atoms with Crippen LogP contribution in [0.25, 0.3) is 227 Å². The molecular weight excluding hydrogens is 1250 g/mol. The number of hydrogen-bond donors (Lipinski definition) is 0. The number of carbonyl (C=O) groups is 3. The fourth-order valence-electron chi connectivity index (χ4n) is 36.0. The average Bonchev–Trinajstić information content (AvgIpc) is 1.33. The standard InChI is InChI=1S/C96H42O6/c1-100-31(97)22-13-25-88(28-16-7-4-8-17-28)91-76-58-49-40-34-37-35-39-36-38(34)44-51-42(36)48-54-45(39)50-41(35)46-52(43(37)49)61(76)67-56(46)65-59(50)77-63(54)69-57(48)66-60(51)78-62-53(44)47(40)55-64(58)79(91)70-73-85-74-71(82(67)94(85,88)91)80(65)92(77)89(26-14-23-32(98)101-2,29-18-9-5-10-19-29)96(92)84(69)72-75(87(74)96)86(73)95(83(70)68(55)62)90(93(78,95)81(66)72,27-15-24-33(99)102-3)30-20-11-6-12-21-30/h4-12,16-21H,13-15,22-27H2,1-3H3. The van der Waals surface area contributed by atoms with Crippen molar-refractivity contribution in [3.05, 3.63) is 174 Å². The van der Waals surface area contributed by atoms with Gasteiger partial charge in [-0.25, -0.2) is 0 Å². The van der Waals surface area contributed by atoms with Crippen molar-refractivity contribution in [2.24, 2.45) is 0 Å². The second kappa shape index (κ2) is 11.4. The van der Waals surface area contributed by atoms with E-state index < -0.39 is 48.7 Å². The van der Waals surface area contributed by atoms with E-state index in [-0.39, 0.29) is 17.9 Å². The van der Waals surface area contributed by atoms with Gasteiger partial charge in [0.25, 0.3) is 0 Å². The molecule has 0 aliphatic heterocycles. The number of benzene rings is 17. The molecule has 23 aromatic carbocycles. The first-order valence-corrected chi connectivity index (χ1v) is 38.1. The zero-order chi connectivity index (χ0) is 64.2. The first-order chi connectivity index (χ1) is 50.4. The van der Waals surface area contributed by atoms with Crippen molar-refractivity contribution >= 4 is 212 Å². The van der Waals surface area contributed by atoms with Crippen LogP contribution in [0, 0.1) is 0 Å². The smallest absolute Gasteiger partial charge is 0.305 e. The molecular formula is C96H42O6. The zero-order valence-electron chi connectivity index (χ0n) is 55.0. The van der Waals surface area contributed by atoms with Crippen molar-refractivity contribution in [3.8, 4) is 33.4 Å². The molecule has 3 fully saturated rings. The molecule has 6 spiro atoms. The Morgan fingerprint density at radius 2 is 0.392 bits per heavy atom. The first kappa shape index (κ1) is 45.7. The quantitative estimate of drug-likeness (QED) is 0.0578. The van der Waals surface area contributed by atoms with Gasteiger partial charge in [-0.05, 0) is 349 Å². The zero-order valence-corrected chi connectivity index (χ0v) is 55.0. The topological polar surface area (TPSA) is 78.9 Å². The SMILES string of the molecule is COC(=O)CCCC1(c2ccccc2)C23c4c5c6c7c8c4-c4c2c2c9c%10c%11c%12c(c-5c5c%13c%14c%15c%16c%17c(c-7c7c%18c%19c%20c%21c(c4C%204C(CCCC(=O)OC)(c%20ccccc%20)C874)c2c2c9c4c%11c7c(c%13%12)c%14c8c%16c9c(c%18%17)c%19c%11c%21c2c2c4c7c8c9c%112)C%152C(CCCC(=O)OC)(c4ccccc4)C652)C%1013. The van der Waals surface area contributed by atoms with Crippen LogP contribution in [0.4, 0.5) is 0 Å². The maximum absolute atomic E-state index is 14.3. The lowest BCUT2D eigenvalue weighted by Crippen LogP contribution is -2.29. The Bertz CT molecular complexity index is 7830. The molecule has 0 saturated heterocycles. The highest BCUT2D eigenvalue weighted by atomic mass is 16.5. The van der Waals surface area contributed by atoms with Crippen LogP contribution < -0.4 is 0 Å². The van der Waals surface area contributed by atoms with Gasteiger partial charge in [-0.1, -0.05) is 91.0 Å². The second-order valence-electron chi connectivity index (χ2n) is 35.9. The molecule has 6 heteroatoms. The van der Waals surface area contributed by atoms with Gasteiger partial charge >= 0.3 is 17.9 Å². The summed E-state index contributed by atoms with van der Waals surface area (Å²) in [5.41, 5.74) is 28.7. The lowest BCUT2D eigenvalue weighted by atomic mass is 9.65.